The molecule has 1 amide bonds. The van der Waals surface area contributed by atoms with Gasteiger partial charge in [-0.25, -0.2) is 0 Å². The van der Waals surface area contributed by atoms with E-state index in [1.807, 2.05) is 7.05 Å². The molecule has 2 unspecified atom stereocenters. The lowest BCUT2D eigenvalue weighted by Gasteiger charge is -2.34. The molecule has 0 aromatic heterocycles. The van der Waals surface area contributed by atoms with Crippen LogP contribution in [0, 0.1) is 17.8 Å². The van der Waals surface area contributed by atoms with E-state index >= 15 is 0 Å². The Morgan fingerprint density at radius 3 is 2.28 bits per heavy atom. The average Bonchev–Trinajstić information content (AvgIpc) is 2.93. The van der Waals surface area contributed by atoms with Crippen LogP contribution in [0.1, 0.15) is 28.8 Å². The quantitative estimate of drug-likeness (QED) is 0.805. The number of alkyl halides is 3. The predicted octanol–water partition coefficient (Wildman–Crippen LogP) is 4.69. The van der Waals surface area contributed by atoms with Crippen LogP contribution in [-0.4, -0.2) is 37.5 Å². The first kappa shape index (κ1) is 20.0. The van der Waals surface area contributed by atoms with Gasteiger partial charge in [-0.15, -0.1) is 0 Å². The summed E-state index contributed by atoms with van der Waals surface area (Å²) < 4.78 is 38.6. The van der Waals surface area contributed by atoms with E-state index in [4.69, 9.17) is 0 Å². The Bertz CT molecular complexity index is 862. The number of hydrogen-bond donors (Lipinski definition) is 1. The molecule has 2 aromatic carbocycles. The minimum atomic E-state index is -4.37. The van der Waals surface area contributed by atoms with Crippen molar-refractivity contribution in [1.29, 1.82) is 0 Å². The van der Waals surface area contributed by atoms with Crippen molar-refractivity contribution in [2.45, 2.75) is 19.0 Å². The molecule has 2 atom stereocenters. The van der Waals surface area contributed by atoms with Gasteiger partial charge in [-0.3, -0.25) is 4.79 Å². The van der Waals surface area contributed by atoms with Crippen LogP contribution in [0.25, 0.3) is 11.1 Å². The molecule has 1 aliphatic heterocycles. The summed E-state index contributed by atoms with van der Waals surface area (Å²) in [5, 5.41) is 3.47. The molecule has 2 aromatic rings. The van der Waals surface area contributed by atoms with E-state index in [-0.39, 0.29) is 5.91 Å². The number of fused-ring (bicyclic) bond motifs is 2. The molecule has 29 heavy (non-hydrogen) atoms. The first-order valence-corrected chi connectivity index (χ1v) is 10.1. The van der Waals surface area contributed by atoms with Gasteiger partial charge < -0.3 is 10.2 Å². The van der Waals surface area contributed by atoms with Crippen LogP contribution in [0.2, 0.25) is 0 Å². The lowest BCUT2D eigenvalue weighted by Crippen LogP contribution is -2.44. The molecule has 1 N–H and O–H groups in total. The molecule has 1 heterocycles. The maximum absolute atomic E-state index is 13.2. The number of carbonyl (C=O) groups is 1. The zero-order valence-corrected chi connectivity index (χ0v) is 16.4. The molecule has 2 bridgehead atoms. The number of nitrogens with one attached hydrogen (secondary N) is 1. The minimum absolute atomic E-state index is 0.0848. The third-order valence-electron chi connectivity index (χ3n) is 6.44. The molecule has 2 aliphatic rings. The SMILES string of the molecule is CN(CC1C2CCC1CNC2)C(=O)c1ccccc1-c1ccc(C(F)(F)F)cc1. The molecule has 0 radical (unpaired) electrons. The highest BCUT2D eigenvalue weighted by Crippen LogP contribution is 2.39. The summed E-state index contributed by atoms with van der Waals surface area (Å²) >= 11 is 0. The standard InChI is InChI=1S/C23H25F3N2O/c1-28(14-21-16-6-7-17(21)13-27-12-16)22(29)20-5-3-2-4-19(20)15-8-10-18(11-9-15)23(24,25)26/h2-5,8-11,16-17,21,27H,6-7,12-14H2,1H3. The predicted molar refractivity (Wildman–Crippen MR) is 106 cm³/mol. The Balaban J connectivity index is 1.55. The highest BCUT2D eigenvalue weighted by Gasteiger charge is 2.39. The van der Waals surface area contributed by atoms with Crippen molar-refractivity contribution in [1.82, 2.24) is 10.2 Å². The van der Waals surface area contributed by atoms with E-state index < -0.39 is 11.7 Å². The summed E-state index contributed by atoms with van der Waals surface area (Å²) in [6.45, 7) is 2.76. The largest absolute Gasteiger partial charge is 0.416 e. The molecule has 6 heteroatoms. The minimum Gasteiger partial charge on any atom is -0.341 e. The van der Waals surface area contributed by atoms with E-state index in [9.17, 15) is 18.0 Å². The van der Waals surface area contributed by atoms with Gasteiger partial charge in [-0.1, -0.05) is 30.3 Å². The van der Waals surface area contributed by atoms with Crippen LogP contribution in [-0.2, 0) is 6.18 Å². The van der Waals surface area contributed by atoms with E-state index in [1.165, 1.54) is 25.0 Å². The lowest BCUT2D eigenvalue weighted by molar-refractivity contribution is -0.137. The van der Waals surface area contributed by atoms with Gasteiger partial charge in [0.05, 0.1) is 5.56 Å². The third kappa shape index (κ3) is 4.04. The summed E-state index contributed by atoms with van der Waals surface area (Å²) in [5.74, 6) is 1.67. The summed E-state index contributed by atoms with van der Waals surface area (Å²) in [6.07, 6.45) is -1.94. The van der Waals surface area contributed by atoms with Crippen molar-refractivity contribution in [2.75, 3.05) is 26.7 Å². The van der Waals surface area contributed by atoms with Gasteiger partial charge >= 0.3 is 6.18 Å². The van der Waals surface area contributed by atoms with Gasteiger partial charge in [0.2, 0.25) is 0 Å². The lowest BCUT2D eigenvalue weighted by atomic mass is 9.85. The molecule has 154 valence electrons. The fourth-order valence-electron chi connectivity index (χ4n) is 4.87. The topological polar surface area (TPSA) is 32.3 Å². The van der Waals surface area contributed by atoms with Crippen LogP contribution >= 0.6 is 0 Å². The van der Waals surface area contributed by atoms with Crippen LogP contribution in [0.5, 0.6) is 0 Å². The average molecular weight is 402 g/mol. The van der Waals surface area contributed by atoms with Crippen molar-refractivity contribution >= 4 is 5.91 Å². The zero-order valence-electron chi connectivity index (χ0n) is 16.4. The molecular formula is C23H25F3N2O. The molecule has 1 saturated carbocycles. The van der Waals surface area contributed by atoms with E-state index in [1.54, 1.807) is 29.2 Å². The molecular weight excluding hydrogens is 377 g/mol. The molecule has 1 aliphatic carbocycles. The highest BCUT2D eigenvalue weighted by atomic mass is 19.4. The number of amides is 1. The smallest absolute Gasteiger partial charge is 0.341 e. The van der Waals surface area contributed by atoms with Gasteiger partial charge in [-0.2, -0.15) is 13.2 Å². The summed E-state index contributed by atoms with van der Waals surface area (Å²) in [5.41, 5.74) is 1.10. The Morgan fingerprint density at radius 2 is 1.66 bits per heavy atom. The maximum Gasteiger partial charge on any atom is 0.416 e. The van der Waals surface area contributed by atoms with E-state index in [2.05, 4.69) is 5.32 Å². The number of rotatable bonds is 4. The fraction of sp³-hybridized carbons (Fsp3) is 0.435. The number of piperidine rings is 1. The van der Waals surface area contributed by atoms with Crippen molar-refractivity contribution < 1.29 is 18.0 Å². The third-order valence-corrected chi connectivity index (χ3v) is 6.44. The van der Waals surface area contributed by atoms with Crippen molar-refractivity contribution in [3.05, 3.63) is 59.7 Å². The van der Waals surface area contributed by atoms with Gasteiger partial charge in [-0.05, 0) is 73.0 Å². The van der Waals surface area contributed by atoms with Gasteiger partial charge in [0, 0.05) is 19.2 Å². The molecule has 4 rings (SSSR count). The summed E-state index contributed by atoms with van der Waals surface area (Å²) in [6, 6.07) is 12.1. The summed E-state index contributed by atoms with van der Waals surface area (Å²) in [7, 11) is 1.83. The molecule has 2 fully saturated rings. The monoisotopic (exact) mass is 402 g/mol. The molecule has 1 saturated heterocycles. The summed E-state index contributed by atoms with van der Waals surface area (Å²) in [4.78, 5) is 15.0. The van der Waals surface area contributed by atoms with Crippen molar-refractivity contribution in [3.8, 4) is 11.1 Å². The van der Waals surface area contributed by atoms with Gasteiger partial charge in [0.25, 0.3) is 5.91 Å². The zero-order chi connectivity index (χ0) is 20.6. The second kappa shape index (κ2) is 7.82. The van der Waals surface area contributed by atoms with Gasteiger partial charge in [0.1, 0.15) is 0 Å². The van der Waals surface area contributed by atoms with E-state index in [0.29, 0.717) is 34.4 Å². The number of carbonyl (C=O) groups excluding carboxylic acids is 1. The normalized spacial score (nSPS) is 23.8. The molecule has 0 spiro atoms. The van der Waals surface area contributed by atoms with Crippen LogP contribution in [0.4, 0.5) is 13.2 Å². The van der Waals surface area contributed by atoms with Crippen LogP contribution in [0.15, 0.2) is 48.5 Å². The second-order valence-corrected chi connectivity index (χ2v) is 8.23. The highest BCUT2D eigenvalue weighted by molar-refractivity contribution is 6.00. The van der Waals surface area contributed by atoms with Crippen molar-refractivity contribution in [2.24, 2.45) is 17.8 Å². The second-order valence-electron chi connectivity index (χ2n) is 8.23. The van der Waals surface area contributed by atoms with E-state index in [0.717, 1.165) is 31.8 Å². The Labute approximate surface area is 168 Å². The Hall–Kier alpha value is -2.34. The molecule has 3 nitrogen and oxygen atoms in total. The first-order valence-electron chi connectivity index (χ1n) is 10.1. The number of nitrogens with zero attached hydrogens (tertiary/aromatic N) is 1. The Morgan fingerprint density at radius 1 is 1.03 bits per heavy atom. The van der Waals surface area contributed by atoms with Crippen molar-refractivity contribution in [3.63, 3.8) is 0 Å². The number of halogens is 3. The fourth-order valence-corrected chi connectivity index (χ4v) is 4.87. The first-order chi connectivity index (χ1) is 13.8. The number of hydrogen-bond acceptors (Lipinski definition) is 2. The maximum atomic E-state index is 13.2. The van der Waals surface area contributed by atoms with Gasteiger partial charge in [0.15, 0.2) is 0 Å². The Kier molecular flexibility index (Phi) is 5.38. The van der Waals surface area contributed by atoms with Crippen LogP contribution < -0.4 is 5.32 Å². The van der Waals surface area contributed by atoms with Crippen LogP contribution in [0.3, 0.4) is 0 Å². The number of benzene rings is 2.